The second-order valence-corrected chi connectivity index (χ2v) is 8.20. The molecule has 2 heterocycles. The molecule has 158 valence electrons. The fourth-order valence-corrected chi connectivity index (χ4v) is 4.75. The number of thiazole rings is 1. The number of rotatable bonds is 3. The van der Waals surface area contributed by atoms with Gasteiger partial charge >= 0.3 is 5.91 Å². The number of carbonyl (C=O) groups is 2. The number of aliphatic hydroxyl groups excluding tert-OH is 1. The van der Waals surface area contributed by atoms with Gasteiger partial charge in [0.25, 0.3) is 5.78 Å². The lowest BCUT2D eigenvalue weighted by Gasteiger charge is -2.22. The molecule has 0 saturated carbocycles. The van der Waals surface area contributed by atoms with Crippen molar-refractivity contribution >= 4 is 44.1 Å². The van der Waals surface area contributed by atoms with Crippen LogP contribution in [0.25, 0.3) is 16.0 Å². The van der Waals surface area contributed by atoms with Crippen LogP contribution in [0.2, 0.25) is 0 Å². The van der Waals surface area contributed by atoms with Gasteiger partial charge in [-0.2, -0.15) is 0 Å². The third-order valence-electron chi connectivity index (χ3n) is 5.22. The van der Waals surface area contributed by atoms with Crippen LogP contribution < -0.4 is 4.90 Å². The molecule has 5 rings (SSSR count). The lowest BCUT2D eigenvalue weighted by molar-refractivity contribution is -0.132. The summed E-state index contributed by atoms with van der Waals surface area (Å²) in [7, 11) is 0. The van der Waals surface area contributed by atoms with E-state index in [1.54, 1.807) is 30.3 Å². The van der Waals surface area contributed by atoms with Gasteiger partial charge in [-0.3, -0.25) is 14.5 Å². The van der Waals surface area contributed by atoms with Crippen molar-refractivity contribution < 1.29 is 23.5 Å². The van der Waals surface area contributed by atoms with Crippen molar-refractivity contribution in [1.29, 1.82) is 0 Å². The van der Waals surface area contributed by atoms with Gasteiger partial charge in [0, 0.05) is 5.56 Å². The second kappa shape index (κ2) is 7.65. The van der Waals surface area contributed by atoms with Crippen LogP contribution in [0, 0.1) is 11.6 Å². The highest BCUT2D eigenvalue weighted by Crippen LogP contribution is 2.44. The minimum Gasteiger partial charge on any atom is -0.507 e. The highest BCUT2D eigenvalue weighted by atomic mass is 32.1. The zero-order valence-electron chi connectivity index (χ0n) is 16.3. The van der Waals surface area contributed by atoms with Crippen molar-refractivity contribution in [2.45, 2.75) is 6.04 Å². The van der Waals surface area contributed by atoms with Crippen molar-refractivity contribution in [2.24, 2.45) is 0 Å². The van der Waals surface area contributed by atoms with Crippen molar-refractivity contribution in [3.05, 3.63) is 101 Å². The number of hydrogen-bond acceptors (Lipinski definition) is 5. The molecular formula is C24H14F2N2O3S. The summed E-state index contributed by atoms with van der Waals surface area (Å²) < 4.78 is 27.8. The first kappa shape index (κ1) is 20.0. The van der Waals surface area contributed by atoms with Crippen LogP contribution in [-0.2, 0) is 9.59 Å². The average molecular weight is 448 g/mol. The molecule has 4 aromatic rings. The Labute approximate surface area is 184 Å². The molecule has 0 aliphatic carbocycles. The molecule has 5 nitrogen and oxygen atoms in total. The van der Waals surface area contributed by atoms with Crippen LogP contribution in [0.3, 0.4) is 0 Å². The zero-order valence-corrected chi connectivity index (χ0v) is 17.1. The van der Waals surface area contributed by atoms with Crippen molar-refractivity contribution in [2.75, 3.05) is 4.90 Å². The second-order valence-electron chi connectivity index (χ2n) is 7.20. The standard InChI is InChI=1S/C24H14F2N2O3S/c25-15-8-6-13(7-9-15)20-19(21(29)14-4-2-1-3-5-14)22(30)23(31)28(20)24-27-17-11-10-16(26)12-18(17)32-24/h1-12,20,29H/t20-/m0/s1. The SMILES string of the molecule is O=C1C(=O)N(c2nc3ccc(F)cc3s2)[C@@H](c2ccc(F)cc2)C1=C(O)c1ccccc1. The number of fused-ring (bicyclic) bond motifs is 1. The molecule has 0 unspecified atom stereocenters. The lowest BCUT2D eigenvalue weighted by Crippen LogP contribution is -2.29. The molecule has 32 heavy (non-hydrogen) atoms. The van der Waals surface area contributed by atoms with Gasteiger partial charge < -0.3 is 5.11 Å². The highest BCUT2D eigenvalue weighted by molar-refractivity contribution is 7.22. The fraction of sp³-hybridized carbons (Fsp3) is 0.0417. The van der Waals surface area contributed by atoms with Gasteiger partial charge in [-0.25, -0.2) is 13.8 Å². The van der Waals surface area contributed by atoms with Crippen LogP contribution in [0.4, 0.5) is 13.9 Å². The van der Waals surface area contributed by atoms with Crippen molar-refractivity contribution in [3.8, 4) is 0 Å². The van der Waals surface area contributed by atoms with E-state index in [4.69, 9.17) is 0 Å². The number of ketones is 1. The normalized spacial score (nSPS) is 17.9. The Hall–Kier alpha value is -3.91. The molecule has 1 N–H and O–H groups in total. The largest absolute Gasteiger partial charge is 0.507 e. The first-order valence-corrected chi connectivity index (χ1v) is 10.4. The Bertz CT molecular complexity index is 1400. The van der Waals surface area contributed by atoms with Gasteiger partial charge in [0.1, 0.15) is 17.4 Å². The fourth-order valence-electron chi connectivity index (χ4n) is 3.73. The van der Waals surface area contributed by atoms with Crippen LogP contribution in [0.1, 0.15) is 17.2 Å². The van der Waals surface area contributed by atoms with E-state index in [1.807, 2.05) is 0 Å². The number of amides is 1. The van der Waals surface area contributed by atoms with Crippen molar-refractivity contribution in [3.63, 3.8) is 0 Å². The third-order valence-corrected chi connectivity index (χ3v) is 6.24. The summed E-state index contributed by atoms with van der Waals surface area (Å²) in [6, 6.07) is 16.7. The average Bonchev–Trinajstić information content (AvgIpc) is 3.32. The van der Waals surface area contributed by atoms with Gasteiger partial charge in [0.15, 0.2) is 5.13 Å². The topological polar surface area (TPSA) is 70.5 Å². The molecule has 8 heteroatoms. The van der Waals surface area contributed by atoms with E-state index in [1.165, 1.54) is 47.4 Å². The smallest absolute Gasteiger partial charge is 0.301 e. The van der Waals surface area contributed by atoms with Gasteiger partial charge in [0.2, 0.25) is 0 Å². The van der Waals surface area contributed by atoms with Gasteiger partial charge in [0.05, 0.1) is 21.8 Å². The molecule has 1 aliphatic heterocycles. The number of carbonyl (C=O) groups excluding carboxylic acids is 2. The Balaban J connectivity index is 1.73. The van der Waals surface area contributed by atoms with Crippen LogP contribution in [-0.4, -0.2) is 21.8 Å². The van der Waals surface area contributed by atoms with E-state index in [2.05, 4.69) is 4.98 Å². The summed E-state index contributed by atoms with van der Waals surface area (Å²) in [5.74, 6) is -3.03. The minimum absolute atomic E-state index is 0.127. The Kier molecular flexibility index (Phi) is 4.79. The summed E-state index contributed by atoms with van der Waals surface area (Å²) in [6.07, 6.45) is 0. The molecular weight excluding hydrogens is 434 g/mol. The Morgan fingerprint density at radius 1 is 0.938 bits per heavy atom. The molecule has 0 bridgehead atoms. The van der Waals surface area contributed by atoms with E-state index in [9.17, 15) is 23.5 Å². The number of Topliss-reactive ketones (excluding diaryl/α,β-unsaturated/α-hetero) is 1. The van der Waals surface area contributed by atoms with Crippen LogP contribution in [0.15, 0.2) is 78.4 Å². The summed E-state index contributed by atoms with van der Waals surface area (Å²) >= 11 is 1.05. The summed E-state index contributed by atoms with van der Waals surface area (Å²) in [5.41, 5.74) is 1.13. The predicted octanol–water partition coefficient (Wildman–Crippen LogP) is 5.20. The number of nitrogens with zero attached hydrogens (tertiary/aromatic N) is 2. The van der Waals surface area contributed by atoms with E-state index < -0.39 is 29.4 Å². The molecule has 1 fully saturated rings. The first-order chi connectivity index (χ1) is 15.4. The Morgan fingerprint density at radius 3 is 2.34 bits per heavy atom. The van der Waals surface area contributed by atoms with Gasteiger partial charge in [-0.15, -0.1) is 0 Å². The number of benzene rings is 3. The van der Waals surface area contributed by atoms with E-state index >= 15 is 0 Å². The maximum Gasteiger partial charge on any atom is 0.301 e. The van der Waals surface area contributed by atoms with Gasteiger partial charge in [-0.05, 0) is 35.9 Å². The van der Waals surface area contributed by atoms with Crippen LogP contribution >= 0.6 is 11.3 Å². The number of aliphatic hydroxyl groups is 1. The lowest BCUT2D eigenvalue weighted by atomic mass is 9.95. The molecule has 0 spiro atoms. The number of aromatic nitrogens is 1. The highest BCUT2D eigenvalue weighted by Gasteiger charge is 2.48. The summed E-state index contributed by atoms with van der Waals surface area (Å²) in [6.45, 7) is 0. The summed E-state index contributed by atoms with van der Waals surface area (Å²) in [5, 5.41) is 11.2. The first-order valence-electron chi connectivity index (χ1n) is 9.62. The number of halogens is 2. The quantitative estimate of drug-likeness (QED) is 0.266. The molecule has 0 radical (unpaired) electrons. The molecule has 1 atom stereocenters. The van der Waals surface area contributed by atoms with E-state index in [0.29, 0.717) is 21.3 Å². The van der Waals surface area contributed by atoms with E-state index in [0.717, 1.165) is 11.3 Å². The maximum atomic E-state index is 13.7. The molecule has 1 saturated heterocycles. The predicted molar refractivity (Wildman–Crippen MR) is 117 cm³/mol. The summed E-state index contributed by atoms with van der Waals surface area (Å²) in [4.78, 5) is 31.7. The van der Waals surface area contributed by atoms with Crippen LogP contribution in [0.5, 0.6) is 0 Å². The van der Waals surface area contributed by atoms with Crippen molar-refractivity contribution in [1.82, 2.24) is 4.98 Å². The number of hydrogen-bond donors (Lipinski definition) is 1. The molecule has 3 aromatic carbocycles. The molecule has 1 amide bonds. The monoisotopic (exact) mass is 448 g/mol. The Morgan fingerprint density at radius 2 is 1.62 bits per heavy atom. The molecule has 1 aromatic heterocycles. The third kappa shape index (κ3) is 3.25. The zero-order chi connectivity index (χ0) is 22.4. The minimum atomic E-state index is -1.03. The maximum absolute atomic E-state index is 13.7. The van der Waals surface area contributed by atoms with Gasteiger partial charge in [-0.1, -0.05) is 53.8 Å². The van der Waals surface area contributed by atoms with E-state index in [-0.39, 0.29) is 16.5 Å². The molecule has 1 aliphatic rings. The number of anilines is 1.